The number of benzene rings is 1. The molecule has 0 aliphatic carbocycles. The Labute approximate surface area is 117 Å². The van der Waals surface area contributed by atoms with Crippen LogP contribution in [0.3, 0.4) is 0 Å². The standard InChI is InChI=1S/C12H11N3O4S/c16-10(17)7-1-3-8(4-2-7)14-11(18)13-5-9-6-20-12(19)15-9/h1-4,6H,5H2,(H,15,19)(H,16,17)(H2,13,14,18). The van der Waals surface area contributed by atoms with Gasteiger partial charge in [0, 0.05) is 16.8 Å². The SMILES string of the molecule is O=C(NCc1csc(=O)[nH]1)Nc1ccc(C(=O)O)cc1. The lowest BCUT2D eigenvalue weighted by atomic mass is 10.2. The van der Waals surface area contributed by atoms with E-state index in [9.17, 15) is 14.4 Å². The van der Waals surface area contributed by atoms with Crippen LogP contribution in [0.2, 0.25) is 0 Å². The van der Waals surface area contributed by atoms with Crippen molar-refractivity contribution in [1.29, 1.82) is 0 Å². The highest BCUT2D eigenvalue weighted by molar-refractivity contribution is 7.07. The summed E-state index contributed by atoms with van der Waals surface area (Å²) in [4.78, 5) is 35.5. The minimum Gasteiger partial charge on any atom is -0.478 e. The average molecular weight is 293 g/mol. The first-order valence-corrected chi connectivity index (χ1v) is 6.47. The number of urea groups is 1. The van der Waals surface area contributed by atoms with Crippen molar-refractivity contribution in [3.05, 3.63) is 50.6 Å². The first-order chi connectivity index (χ1) is 9.54. The molecule has 0 spiro atoms. The van der Waals surface area contributed by atoms with Gasteiger partial charge in [0.2, 0.25) is 0 Å². The molecule has 4 N–H and O–H groups in total. The van der Waals surface area contributed by atoms with Gasteiger partial charge in [-0.25, -0.2) is 9.59 Å². The molecule has 7 nitrogen and oxygen atoms in total. The highest BCUT2D eigenvalue weighted by atomic mass is 32.1. The van der Waals surface area contributed by atoms with Crippen LogP contribution >= 0.6 is 11.3 Å². The van der Waals surface area contributed by atoms with Crippen LogP contribution in [-0.2, 0) is 6.54 Å². The van der Waals surface area contributed by atoms with Crippen molar-refractivity contribution in [3.8, 4) is 0 Å². The van der Waals surface area contributed by atoms with Gasteiger partial charge in [-0.1, -0.05) is 11.3 Å². The molecule has 2 aromatic rings. The van der Waals surface area contributed by atoms with E-state index in [0.717, 1.165) is 11.3 Å². The summed E-state index contributed by atoms with van der Waals surface area (Å²) in [6.07, 6.45) is 0. The van der Waals surface area contributed by atoms with Gasteiger partial charge in [-0.3, -0.25) is 4.79 Å². The van der Waals surface area contributed by atoms with Gasteiger partial charge in [-0.05, 0) is 24.3 Å². The molecule has 1 heterocycles. The van der Waals surface area contributed by atoms with E-state index in [2.05, 4.69) is 15.6 Å². The Balaban J connectivity index is 1.87. The highest BCUT2D eigenvalue weighted by Gasteiger charge is 2.05. The molecule has 2 rings (SSSR count). The van der Waals surface area contributed by atoms with Crippen LogP contribution in [0.5, 0.6) is 0 Å². The summed E-state index contributed by atoms with van der Waals surface area (Å²) in [6, 6.07) is 5.34. The van der Waals surface area contributed by atoms with Crippen molar-refractivity contribution in [3.63, 3.8) is 0 Å². The Hall–Kier alpha value is -2.61. The van der Waals surface area contributed by atoms with E-state index in [1.54, 1.807) is 5.38 Å². The van der Waals surface area contributed by atoms with Crippen molar-refractivity contribution >= 4 is 29.0 Å². The number of hydrogen-bond acceptors (Lipinski definition) is 4. The fourth-order valence-corrected chi connectivity index (χ4v) is 2.03. The Morgan fingerprint density at radius 3 is 2.50 bits per heavy atom. The molecule has 0 aliphatic rings. The molecule has 0 saturated carbocycles. The van der Waals surface area contributed by atoms with E-state index < -0.39 is 12.0 Å². The predicted octanol–water partition coefficient (Wildman–Crippen LogP) is 1.46. The summed E-state index contributed by atoms with van der Waals surface area (Å²) in [5, 5.41) is 15.5. The molecule has 2 amide bonds. The zero-order chi connectivity index (χ0) is 14.5. The number of anilines is 1. The van der Waals surface area contributed by atoms with Crippen LogP contribution in [0.1, 0.15) is 16.1 Å². The Morgan fingerprint density at radius 1 is 1.25 bits per heavy atom. The summed E-state index contributed by atoms with van der Waals surface area (Å²) in [5.41, 5.74) is 1.24. The number of hydrogen-bond donors (Lipinski definition) is 4. The normalized spacial score (nSPS) is 10.0. The first-order valence-electron chi connectivity index (χ1n) is 5.59. The third kappa shape index (κ3) is 3.69. The molecule has 1 aromatic heterocycles. The third-order valence-electron chi connectivity index (χ3n) is 2.40. The highest BCUT2D eigenvalue weighted by Crippen LogP contribution is 2.09. The number of aromatic carboxylic acids is 1. The maximum atomic E-state index is 11.6. The minimum atomic E-state index is -1.03. The van der Waals surface area contributed by atoms with Gasteiger partial charge in [0.05, 0.1) is 12.1 Å². The Morgan fingerprint density at radius 2 is 1.95 bits per heavy atom. The van der Waals surface area contributed by atoms with Gasteiger partial charge in [0.1, 0.15) is 0 Å². The van der Waals surface area contributed by atoms with Crippen LogP contribution in [-0.4, -0.2) is 22.1 Å². The monoisotopic (exact) mass is 293 g/mol. The van der Waals surface area contributed by atoms with Crippen LogP contribution in [0.25, 0.3) is 0 Å². The number of rotatable bonds is 4. The Bertz CT molecular complexity index is 675. The number of aromatic nitrogens is 1. The van der Waals surface area contributed by atoms with Crippen molar-refractivity contribution < 1.29 is 14.7 Å². The van der Waals surface area contributed by atoms with Crippen molar-refractivity contribution in [2.45, 2.75) is 6.54 Å². The smallest absolute Gasteiger partial charge is 0.335 e. The molecule has 0 atom stereocenters. The Kier molecular flexibility index (Phi) is 4.16. The van der Waals surface area contributed by atoms with Gasteiger partial charge < -0.3 is 20.7 Å². The molecule has 0 radical (unpaired) electrons. The molecule has 1 aromatic carbocycles. The molecule has 104 valence electrons. The maximum absolute atomic E-state index is 11.6. The lowest BCUT2D eigenvalue weighted by Gasteiger charge is -2.06. The van der Waals surface area contributed by atoms with Crippen molar-refractivity contribution in [1.82, 2.24) is 10.3 Å². The van der Waals surface area contributed by atoms with E-state index in [0.29, 0.717) is 11.4 Å². The summed E-state index contributed by atoms with van der Waals surface area (Å²) in [5.74, 6) is -1.03. The summed E-state index contributed by atoms with van der Waals surface area (Å²) < 4.78 is 0. The number of aromatic amines is 1. The molecule has 0 bridgehead atoms. The second-order valence-electron chi connectivity index (χ2n) is 3.86. The van der Waals surface area contributed by atoms with Crippen LogP contribution in [0, 0.1) is 0 Å². The lowest BCUT2D eigenvalue weighted by molar-refractivity contribution is 0.0697. The second-order valence-corrected chi connectivity index (χ2v) is 4.71. The van der Waals surface area contributed by atoms with Crippen molar-refractivity contribution in [2.75, 3.05) is 5.32 Å². The van der Waals surface area contributed by atoms with Gasteiger partial charge in [0.15, 0.2) is 0 Å². The molecule has 0 saturated heterocycles. The zero-order valence-electron chi connectivity index (χ0n) is 10.2. The zero-order valence-corrected chi connectivity index (χ0v) is 11.0. The minimum absolute atomic E-state index is 0.145. The number of carbonyl (C=O) groups is 2. The van der Waals surface area contributed by atoms with E-state index >= 15 is 0 Å². The summed E-state index contributed by atoms with van der Waals surface area (Å²) >= 11 is 1.03. The van der Waals surface area contributed by atoms with E-state index in [-0.39, 0.29) is 17.0 Å². The number of carbonyl (C=O) groups excluding carboxylic acids is 1. The first kappa shape index (κ1) is 13.8. The number of nitrogens with one attached hydrogen (secondary N) is 3. The molecule has 0 aliphatic heterocycles. The summed E-state index contributed by atoms with van der Waals surface area (Å²) in [6.45, 7) is 0.206. The molecule has 0 fully saturated rings. The van der Waals surface area contributed by atoms with Gasteiger partial charge in [-0.15, -0.1) is 0 Å². The predicted molar refractivity (Wildman–Crippen MR) is 74.2 cm³/mol. The number of carboxylic acid groups (broad SMARTS) is 1. The molecule has 20 heavy (non-hydrogen) atoms. The largest absolute Gasteiger partial charge is 0.478 e. The molecular weight excluding hydrogens is 282 g/mol. The number of H-pyrrole nitrogens is 1. The van der Waals surface area contributed by atoms with E-state index in [1.807, 2.05) is 0 Å². The second kappa shape index (κ2) is 6.02. The van der Waals surface area contributed by atoms with Crippen LogP contribution in [0.4, 0.5) is 10.5 Å². The van der Waals surface area contributed by atoms with Gasteiger partial charge in [0.25, 0.3) is 0 Å². The number of carboxylic acids is 1. The topological polar surface area (TPSA) is 111 Å². The average Bonchev–Trinajstić information content (AvgIpc) is 2.83. The molecule has 0 unspecified atom stereocenters. The van der Waals surface area contributed by atoms with Crippen LogP contribution < -0.4 is 15.5 Å². The van der Waals surface area contributed by atoms with Crippen LogP contribution in [0.15, 0.2) is 34.4 Å². The number of amides is 2. The van der Waals surface area contributed by atoms with Crippen molar-refractivity contribution in [2.24, 2.45) is 0 Å². The van der Waals surface area contributed by atoms with Gasteiger partial charge >= 0.3 is 16.9 Å². The number of thiazole rings is 1. The van der Waals surface area contributed by atoms with Gasteiger partial charge in [-0.2, -0.15) is 0 Å². The maximum Gasteiger partial charge on any atom is 0.335 e. The summed E-state index contributed by atoms with van der Waals surface area (Å²) in [7, 11) is 0. The lowest BCUT2D eigenvalue weighted by Crippen LogP contribution is -2.28. The molecule has 8 heteroatoms. The fraction of sp³-hybridized carbons (Fsp3) is 0.0833. The van der Waals surface area contributed by atoms with E-state index in [1.165, 1.54) is 24.3 Å². The molecular formula is C12H11N3O4S. The third-order valence-corrected chi connectivity index (χ3v) is 3.12. The fourth-order valence-electron chi connectivity index (χ4n) is 1.45. The quantitative estimate of drug-likeness (QED) is 0.683. The van der Waals surface area contributed by atoms with E-state index in [4.69, 9.17) is 5.11 Å².